The highest BCUT2D eigenvalue weighted by atomic mass is 32.2. The summed E-state index contributed by atoms with van der Waals surface area (Å²) in [6, 6.07) is 5.26. The van der Waals surface area contributed by atoms with Crippen LogP contribution >= 0.6 is 11.8 Å². The van der Waals surface area contributed by atoms with E-state index >= 15 is 0 Å². The molecule has 2 aliphatic rings. The molecule has 0 bridgehead atoms. The molecule has 3 rings (SSSR count). The zero-order valence-corrected chi connectivity index (χ0v) is 13.3. The van der Waals surface area contributed by atoms with Crippen molar-refractivity contribution in [2.24, 2.45) is 0 Å². The molecule has 2 unspecified atom stereocenters. The van der Waals surface area contributed by atoms with Gasteiger partial charge in [-0.3, -0.25) is 0 Å². The van der Waals surface area contributed by atoms with Gasteiger partial charge in [-0.05, 0) is 24.1 Å². The van der Waals surface area contributed by atoms with E-state index in [4.69, 9.17) is 9.47 Å². The van der Waals surface area contributed by atoms with E-state index in [9.17, 15) is 0 Å². The third kappa shape index (κ3) is 2.91. The van der Waals surface area contributed by atoms with Gasteiger partial charge in [0.25, 0.3) is 0 Å². The molecule has 0 spiro atoms. The summed E-state index contributed by atoms with van der Waals surface area (Å²) in [5.74, 6) is 1.82. The van der Waals surface area contributed by atoms with Gasteiger partial charge in [-0.15, -0.1) is 11.8 Å². The second-order valence-corrected chi connectivity index (χ2v) is 7.41. The van der Waals surface area contributed by atoms with Crippen molar-refractivity contribution in [3.05, 3.63) is 17.7 Å². The summed E-state index contributed by atoms with van der Waals surface area (Å²) in [6.07, 6.45) is 2.12. The van der Waals surface area contributed by atoms with Gasteiger partial charge in [0.2, 0.25) is 0 Å². The molecule has 1 N–H and O–H groups in total. The van der Waals surface area contributed by atoms with E-state index in [1.165, 1.54) is 10.5 Å². The van der Waals surface area contributed by atoms with Crippen LogP contribution in [0.4, 0.5) is 0 Å². The minimum atomic E-state index is 0.415. The molecule has 2 heterocycles. The number of hydrogen-bond donors (Lipinski definition) is 1. The Labute approximate surface area is 125 Å². The normalized spacial score (nSPS) is 25.2. The van der Waals surface area contributed by atoms with Crippen molar-refractivity contribution >= 4 is 11.8 Å². The van der Waals surface area contributed by atoms with E-state index in [1.54, 1.807) is 0 Å². The van der Waals surface area contributed by atoms with Gasteiger partial charge in [-0.25, -0.2) is 0 Å². The minimum absolute atomic E-state index is 0.415. The lowest BCUT2D eigenvalue weighted by molar-refractivity contribution is 0.296. The predicted molar refractivity (Wildman–Crippen MR) is 83.0 cm³/mol. The SMILES string of the molecule is CC(C)NC1CC(C)Sc2cc3c(cc21)OCCCO3. The molecule has 0 aromatic heterocycles. The number of rotatable bonds is 2. The van der Waals surface area contributed by atoms with Crippen molar-refractivity contribution in [1.82, 2.24) is 5.32 Å². The second kappa shape index (κ2) is 5.86. The third-order valence-corrected chi connectivity index (χ3v) is 4.89. The van der Waals surface area contributed by atoms with Crippen LogP contribution in [0.5, 0.6) is 11.5 Å². The number of nitrogens with one attached hydrogen (secondary N) is 1. The van der Waals surface area contributed by atoms with Crippen LogP contribution in [0.3, 0.4) is 0 Å². The number of ether oxygens (including phenoxy) is 2. The molecular formula is C16H23NO2S. The Bertz CT molecular complexity index is 490. The highest BCUT2D eigenvalue weighted by Crippen LogP contribution is 2.46. The molecule has 0 saturated heterocycles. The second-order valence-electron chi connectivity index (χ2n) is 5.93. The van der Waals surface area contributed by atoms with Gasteiger partial charge in [0.1, 0.15) is 0 Å². The number of thioether (sulfide) groups is 1. The van der Waals surface area contributed by atoms with E-state index in [2.05, 4.69) is 38.2 Å². The first-order chi connectivity index (χ1) is 9.63. The van der Waals surface area contributed by atoms with E-state index in [-0.39, 0.29) is 0 Å². The molecule has 0 fully saturated rings. The van der Waals surface area contributed by atoms with Gasteiger partial charge >= 0.3 is 0 Å². The third-order valence-electron chi connectivity index (χ3n) is 3.69. The van der Waals surface area contributed by atoms with Crippen LogP contribution in [0, 0.1) is 0 Å². The topological polar surface area (TPSA) is 30.5 Å². The lowest BCUT2D eigenvalue weighted by Gasteiger charge is -2.32. The van der Waals surface area contributed by atoms with Gasteiger partial charge in [0.15, 0.2) is 11.5 Å². The van der Waals surface area contributed by atoms with E-state index in [1.807, 2.05) is 11.8 Å². The van der Waals surface area contributed by atoms with E-state index in [0.717, 1.165) is 37.6 Å². The quantitative estimate of drug-likeness (QED) is 0.899. The van der Waals surface area contributed by atoms with Crippen LogP contribution in [0.2, 0.25) is 0 Å². The summed E-state index contributed by atoms with van der Waals surface area (Å²) in [7, 11) is 0. The van der Waals surface area contributed by atoms with E-state index < -0.39 is 0 Å². The number of fused-ring (bicyclic) bond motifs is 2. The van der Waals surface area contributed by atoms with Crippen molar-refractivity contribution in [3.63, 3.8) is 0 Å². The monoisotopic (exact) mass is 293 g/mol. The molecule has 0 aliphatic carbocycles. The molecule has 110 valence electrons. The fourth-order valence-corrected chi connectivity index (χ4v) is 4.10. The summed E-state index contributed by atoms with van der Waals surface area (Å²) in [6.45, 7) is 8.20. The maximum Gasteiger partial charge on any atom is 0.162 e. The lowest BCUT2D eigenvalue weighted by Crippen LogP contribution is -2.32. The minimum Gasteiger partial charge on any atom is -0.490 e. The Morgan fingerprint density at radius 3 is 2.60 bits per heavy atom. The molecule has 1 aromatic carbocycles. The van der Waals surface area contributed by atoms with Crippen LogP contribution in [0.25, 0.3) is 0 Å². The molecular weight excluding hydrogens is 270 g/mol. The maximum absolute atomic E-state index is 5.83. The summed E-state index contributed by atoms with van der Waals surface area (Å²) >= 11 is 1.95. The van der Waals surface area contributed by atoms with Crippen LogP contribution < -0.4 is 14.8 Å². The molecule has 0 radical (unpaired) electrons. The Morgan fingerprint density at radius 1 is 1.20 bits per heavy atom. The summed E-state index contributed by atoms with van der Waals surface area (Å²) in [5, 5.41) is 4.31. The molecule has 3 nitrogen and oxygen atoms in total. The number of benzene rings is 1. The highest BCUT2D eigenvalue weighted by Gasteiger charge is 2.28. The van der Waals surface area contributed by atoms with Gasteiger partial charge < -0.3 is 14.8 Å². The predicted octanol–water partition coefficient (Wildman–Crippen LogP) is 3.77. The molecule has 4 heteroatoms. The highest BCUT2D eigenvalue weighted by molar-refractivity contribution is 8.00. The maximum atomic E-state index is 5.83. The number of hydrogen-bond acceptors (Lipinski definition) is 4. The van der Waals surface area contributed by atoms with Gasteiger partial charge in [0, 0.05) is 28.6 Å². The first-order valence-corrected chi connectivity index (χ1v) is 8.37. The first kappa shape index (κ1) is 14.1. The van der Waals surface area contributed by atoms with Gasteiger partial charge in [0.05, 0.1) is 13.2 Å². The Morgan fingerprint density at radius 2 is 1.90 bits per heavy atom. The zero-order valence-electron chi connectivity index (χ0n) is 12.4. The molecule has 20 heavy (non-hydrogen) atoms. The average molecular weight is 293 g/mol. The fourth-order valence-electron chi connectivity index (χ4n) is 2.86. The molecule has 1 aromatic rings. The Kier molecular flexibility index (Phi) is 4.13. The molecule has 2 atom stereocenters. The molecule has 2 aliphatic heterocycles. The van der Waals surface area contributed by atoms with Gasteiger partial charge in [-0.1, -0.05) is 20.8 Å². The standard InChI is InChI=1S/C16H23NO2S/c1-10(2)17-13-7-11(3)20-16-9-15-14(8-12(13)16)18-5-4-6-19-15/h8-11,13,17H,4-7H2,1-3H3. The lowest BCUT2D eigenvalue weighted by atomic mass is 9.99. The van der Waals surface area contributed by atoms with Crippen molar-refractivity contribution < 1.29 is 9.47 Å². The van der Waals surface area contributed by atoms with Crippen molar-refractivity contribution in [1.29, 1.82) is 0 Å². The van der Waals surface area contributed by atoms with Crippen LogP contribution in [0.15, 0.2) is 17.0 Å². The van der Waals surface area contributed by atoms with Gasteiger partial charge in [-0.2, -0.15) is 0 Å². The Hall–Kier alpha value is -0.870. The fraction of sp³-hybridized carbons (Fsp3) is 0.625. The average Bonchev–Trinajstić information content (AvgIpc) is 2.60. The largest absolute Gasteiger partial charge is 0.490 e. The van der Waals surface area contributed by atoms with Crippen molar-refractivity contribution in [3.8, 4) is 11.5 Å². The molecule has 0 amide bonds. The van der Waals surface area contributed by atoms with Crippen molar-refractivity contribution in [2.75, 3.05) is 13.2 Å². The smallest absolute Gasteiger partial charge is 0.162 e. The summed E-state index contributed by atoms with van der Waals surface area (Å²) in [4.78, 5) is 1.34. The zero-order chi connectivity index (χ0) is 14.1. The van der Waals surface area contributed by atoms with Crippen molar-refractivity contribution in [2.45, 2.75) is 55.8 Å². The Balaban J connectivity index is 1.97. The summed E-state index contributed by atoms with van der Waals surface area (Å²) < 4.78 is 11.6. The van der Waals surface area contributed by atoms with Crippen LogP contribution in [0.1, 0.15) is 45.2 Å². The summed E-state index contributed by atoms with van der Waals surface area (Å²) in [5.41, 5.74) is 1.37. The van der Waals surface area contributed by atoms with E-state index in [0.29, 0.717) is 17.3 Å². The van der Waals surface area contributed by atoms with Crippen LogP contribution in [-0.4, -0.2) is 24.5 Å². The molecule has 0 saturated carbocycles. The van der Waals surface area contributed by atoms with Crippen LogP contribution in [-0.2, 0) is 0 Å². The first-order valence-electron chi connectivity index (χ1n) is 7.49.